The van der Waals surface area contributed by atoms with Gasteiger partial charge in [-0.2, -0.15) is 5.10 Å². The Bertz CT molecular complexity index is 1300. The van der Waals surface area contributed by atoms with E-state index in [1.165, 1.54) is 5.56 Å². The lowest BCUT2D eigenvalue weighted by molar-refractivity contribution is 0.588. The maximum atomic E-state index is 12.3. The largest absolute Gasteiger partial charge is 0.353 e. The van der Waals surface area contributed by atoms with Gasteiger partial charge in [0.25, 0.3) is 0 Å². The first-order valence-corrected chi connectivity index (χ1v) is 13.9. The van der Waals surface area contributed by atoms with Crippen LogP contribution in [0, 0.1) is 0 Å². The lowest BCUT2D eigenvalue weighted by atomic mass is 10.0. The van der Waals surface area contributed by atoms with E-state index in [9.17, 15) is 4.57 Å². The third-order valence-corrected chi connectivity index (χ3v) is 7.72. The fourth-order valence-electron chi connectivity index (χ4n) is 4.33. The fraction of sp³-hybridized carbons (Fsp3) is 0.269. The predicted molar refractivity (Wildman–Crippen MR) is 137 cm³/mol. The Morgan fingerprint density at radius 2 is 1.45 bits per heavy atom. The molecule has 0 unspecified atom stereocenters. The van der Waals surface area contributed by atoms with Crippen LogP contribution < -0.4 is 15.1 Å². The van der Waals surface area contributed by atoms with Crippen LogP contribution in [0.4, 0.5) is 11.6 Å². The standard InChI is InChI=1S/C26H28N5OP/c1-33(2,32)21-12-13-25(27-19-21)30-14-16-31(17-15-30)26-23-11-7-6-10-22(23)24(28-29-26)18-20-8-4-3-5-9-20/h3-13,19H,14-18H2,1-2H3. The molecule has 0 atom stereocenters. The van der Waals surface area contributed by atoms with Gasteiger partial charge in [-0.05, 0) is 31.0 Å². The number of nitrogens with zero attached hydrogens (tertiary/aromatic N) is 5. The molecular weight excluding hydrogens is 429 g/mol. The molecule has 6 nitrogen and oxygen atoms in total. The quantitative estimate of drug-likeness (QED) is 0.419. The molecule has 2 aromatic heterocycles. The van der Waals surface area contributed by atoms with Crippen molar-refractivity contribution in [2.24, 2.45) is 0 Å². The minimum Gasteiger partial charge on any atom is -0.353 e. The smallest absolute Gasteiger partial charge is 0.159 e. The minimum absolute atomic E-state index is 0.770. The minimum atomic E-state index is -2.28. The van der Waals surface area contributed by atoms with Gasteiger partial charge < -0.3 is 14.4 Å². The van der Waals surface area contributed by atoms with E-state index in [-0.39, 0.29) is 0 Å². The molecule has 168 valence electrons. The maximum Gasteiger partial charge on any atom is 0.159 e. The summed E-state index contributed by atoms with van der Waals surface area (Å²) in [7, 11) is -2.28. The highest BCUT2D eigenvalue weighted by Gasteiger charge is 2.22. The van der Waals surface area contributed by atoms with Gasteiger partial charge in [-0.3, -0.25) is 0 Å². The first-order valence-electron chi connectivity index (χ1n) is 11.3. The Hall–Kier alpha value is -3.24. The number of aromatic nitrogens is 3. The summed E-state index contributed by atoms with van der Waals surface area (Å²) in [6.45, 7) is 6.95. The molecule has 0 spiro atoms. The average Bonchev–Trinajstić information content (AvgIpc) is 2.85. The number of anilines is 2. The fourth-order valence-corrected chi connectivity index (χ4v) is 5.10. The summed E-state index contributed by atoms with van der Waals surface area (Å²) in [5.41, 5.74) is 2.24. The zero-order chi connectivity index (χ0) is 22.8. The number of rotatable bonds is 5. The van der Waals surface area contributed by atoms with Gasteiger partial charge in [0.1, 0.15) is 13.0 Å². The summed E-state index contributed by atoms with van der Waals surface area (Å²) in [6, 6.07) is 22.8. The third-order valence-electron chi connectivity index (χ3n) is 6.22. The van der Waals surface area contributed by atoms with Crippen LogP contribution in [0.3, 0.4) is 0 Å². The monoisotopic (exact) mass is 457 g/mol. The molecule has 0 bridgehead atoms. The molecule has 4 aromatic rings. The second-order valence-corrected chi connectivity index (χ2v) is 12.1. The molecule has 7 heteroatoms. The lowest BCUT2D eigenvalue weighted by Crippen LogP contribution is -2.47. The molecule has 2 aromatic carbocycles. The summed E-state index contributed by atoms with van der Waals surface area (Å²) in [5.74, 6) is 1.88. The number of hydrogen-bond donors (Lipinski definition) is 0. The second kappa shape index (κ2) is 8.95. The van der Waals surface area contributed by atoms with Crippen LogP contribution in [0.2, 0.25) is 0 Å². The van der Waals surface area contributed by atoms with Crippen molar-refractivity contribution in [2.45, 2.75) is 6.42 Å². The van der Waals surface area contributed by atoms with Gasteiger partial charge >= 0.3 is 0 Å². The van der Waals surface area contributed by atoms with Crippen molar-refractivity contribution in [2.75, 3.05) is 49.3 Å². The number of hydrogen-bond acceptors (Lipinski definition) is 6. The van der Waals surface area contributed by atoms with Gasteiger partial charge in [0, 0.05) is 54.9 Å². The molecule has 0 aliphatic carbocycles. The Kier molecular flexibility index (Phi) is 5.86. The van der Waals surface area contributed by atoms with E-state index in [1.54, 1.807) is 19.5 Å². The SMILES string of the molecule is CP(C)(=O)c1ccc(N2CCN(c3nnc(Cc4ccccc4)c4ccccc34)CC2)nc1. The van der Waals surface area contributed by atoms with Gasteiger partial charge in [-0.1, -0.05) is 54.6 Å². The summed E-state index contributed by atoms with van der Waals surface area (Å²) < 4.78 is 12.3. The Balaban J connectivity index is 1.35. The van der Waals surface area contributed by atoms with Gasteiger partial charge in [0.2, 0.25) is 0 Å². The molecule has 0 amide bonds. The molecule has 33 heavy (non-hydrogen) atoms. The highest BCUT2D eigenvalue weighted by Crippen LogP contribution is 2.34. The Morgan fingerprint density at radius 1 is 0.788 bits per heavy atom. The number of pyridine rings is 1. The first kappa shape index (κ1) is 21.6. The van der Waals surface area contributed by atoms with E-state index in [0.29, 0.717) is 0 Å². The topological polar surface area (TPSA) is 62.2 Å². The van der Waals surface area contributed by atoms with E-state index in [2.05, 4.69) is 73.5 Å². The van der Waals surface area contributed by atoms with E-state index >= 15 is 0 Å². The lowest BCUT2D eigenvalue weighted by Gasteiger charge is -2.36. The van der Waals surface area contributed by atoms with Gasteiger partial charge in [0.15, 0.2) is 5.82 Å². The molecule has 5 rings (SSSR count). The number of benzene rings is 2. The van der Waals surface area contributed by atoms with Gasteiger partial charge in [0.05, 0.1) is 5.69 Å². The highest BCUT2D eigenvalue weighted by molar-refractivity contribution is 7.70. The van der Waals surface area contributed by atoms with Gasteiger partial charge in [-0.25, -0.2) is 4.98 Å². The van der Waals surface area contributed by atoms with Crippen LogP contribution in [0.15, 0.2) is 72.9 Å². The van der Waals surface area contributed by atoms with E-state index in [0.717, 1.165) is 66.0 Å². The normalized spacial score (nSPS) is 14.6. The van der Waals surface area contributed by atoms with Crippen LogP contribution in [0.1, 0.15) is 11.3 Å². The van der Waals surface area contributed by atoms with Gasteiger partial charge in [-0.15, -0.1) is 5.10 Å². The summed E-state index contributed by atoms with van der Waals surface area (Å²) in [5, 5.41) is 12.4. The third kappa shape index (κ3) is 4.62. The van der Waals surface area contributed by atoms with Crippen molar-refractivity contribution in [1.29, 1.82) is 0 Å². The highest BCUT2D eigenvalue weighted by atomic mass is 31.2. The Labute approximate surface area is 194 Å². The molecule has 0 N–H and O–H groups in total. The molecule has 1 saturated heterocycles. The zero-order valence-corrected chi connectivity index (χ0v) is 19.9. The maximum absolute atomic E-state index is 12.3. The summed E-state index contributed by atoms with van der Waals surface area (Å²) >= 11 is 0. The van der Waals surface area contributed by atoms with Crippen LogP contribution in [-0.2, 0) is 11.0 Å². The molecule has 3 heterocycles. The summed E-state index contributed by atoms with van der Waals surface area (Å²) in [6.07, 6.45) is 2.53. The van der Waals surface area contributed by atoms with Crippen LogP contribution >= 0.6 is 7.14 Å². The zero-order valence-electron chi connectivity index (χ0n) is 19.1. The van der Waals surface area contributed by atoms with Crippen LogP contribution in [0.25, 0.3) is 10.8 Å². The predicted octanol–water partition coefficient (Wildman–Crippen LogP) is 4.19. The van der Waals surface area contributed by atoms with E-state index < -0.39 is 7.14 Å². The molecule has 1 aliphatic rings. The summed E-state index contributed by atoms with van der Waals surface area (Å²) in [4.78, 5) is 9.17. The Morgan fingerprint density at radius 3 is 2.12 bits per heavy atom. The molecule has 0 radical (unpaired) electrons. The molecule has 1 fully saturated rings. The van der Waals surface area contributed by atoms with Crippen molar-refractivity contribution >= 4 is 34.9 Å². The van der Waals surface area contributed by atoms with Crippen LogP contribution in [0.5, 0.6) is 0 Å². The number of fused-ring (bicyclic) bond motifs is 1. The van der Waals surface area contributed by atoms with Crippen molar-refractivity contribution in [3.63, 3.8) is 0 Å². The molecule has 1 aliphatic heterocycles. The molecular formula is C26H28N5OP. The van der Waals surface area contributed by atoms with Crippen molar-refractivity contribution in [1.82, 2.24) is 15.2 Å². The first-order chi connectivity index (χ1) is 16.0. The van der Waals surface area contributed by atoms with E-state index in [1.807, 2.05) is 18.2 Å². The van der Waals surface area contributed by atoms with Crippen molar-refractivity contribution < 1.29 is 4.57 Å². The molecule has 0 saturated carbocycles. The van der Waals surface area contributed by atoms with Crippen molar-refractivity contribution in [3.05, 3.63) is 84.2 Å². The average molecular weight is 458 g/mol. The van der Waals surface area contributed by atoms with Crippen molar-refractivity contribution in [3.8, 4) is 0 Å². The number of piperazine rings is 1. The van der Waals surface area contributed by atoms with Crippen LogP contribution in [-0.4, -0.2) is 54.7 Å². The second-order valence-electron chi connectivity index (χ2n) is 8.88. The van der Waals surface area contributed by atoms with E-state index in [4.69, 9.17) is 0 Å².